The Bertz CT molecular complexity index is 1650. The Labute approximate surface area is 257 Å². The van der Waals surface area contributed by atoms with Crippen molar-refractivity contribution in [1.29, 1.82) is 0 Å². The van der Waals surface area contributed by atoms with Crippen molar-refractivity contribution in [3.8, 4) is 17.1 Å². The van der Waals surface area contributed by atoms with Crippen molar-refractivity contribution in [3.63, 3.8) is 0 Å². The molecule has 0 atom stereocenters. The fraction of sp³-hybridized carbons (Fsp3) is 0.226. The predicted octanol–water partition coefficient (Wildman–Crippen LogP) is 8.08. The number of benzene rings is 3. The van der Waals surface area contributed by atoms with Crippen molar-refractivity contribution in [1.82, 2.24) is 24.6 Å². The van der Waals surface area contributed by atoms with Crippen molar-refractivity contribution in [2.45, 2.75) is 30.2 Å². The van der Waals surface area contributed by atoms with E-state index in [0.717, 1.165) is 48.6 Å². The average molecular weight is 621 g/mol. The van der Waals surface area contributed by atoms with Crippen molar-refractivity contribution < 1.29 is 4.79 Å². The second kappa shape index (κ2) is 12.8. The fourth-order valence-electron chi connectivity index (χ4n) is 5.08. The summed E-state index contributed by atoms with van der Waals surface area (Å²) >= 11 is 16.1. The number of amides is 1. The van der Waals surface area contributed by atoms with E-state index in [1.54, 1.807) is 0 Å². The second-order valence-corrected chi connectivity index (χ2v) is 12.6. The highest BCUT2D eigenvalue weighted by Crippen LogP contribution is 2.35. The quantitative estimate of drug-likeness (QED) is 0.164. The van der Waals surface area contributed by atoms with Gasteiger partial charge in [0.1, 0.15) is 10.7 Å². The van der Waals surface area contributed by atoms with Crippen LogP contribution >= 0.6 is 46.3 Å². The summed E-state index contributed by atoms with van der Waals surface area (Å²) in [5.41, 5.74) is 3.41. The molecule has 1 aliphatic heterocycles. The molecule has 10 heteroatoms. The molecule has 0 bridgehead atoms. The molecule has 0 N–H and O–H groups in total. The zero-order valence-corrected chi connectivity index (χ0v) is 25.3. The Kier molecular flexibility index (Phi) is 8.72. The smallest absolute Gasteiger partial charge is 0.273 e. The van der Waals surface area contributed by atoms with Crippen LogP contribution in [-0.4, -0.2) is 43.6 Å². The molecular formula is C31H27Cl2N5OS2. The standard InChI is InChI=1S/C31H27Cl2N5OS2/c32-24-11-5-4-10-23(24)29-35-36-31(38(29)27-13-7-6-12-25(27)33)41-20-28-34-26(19-40-28)30(39)37-16-14-22(15-17-37)18-21-8-2-1-3-9-21/h1-13,19,22H,14-18,20H2. The molecule has 1 saturated heterocycles. The monoisotopic (exact) mass is 619 g/mol. The Hall–Kier alpha value is -3.17. The molecule has 1 amide bonds. The van der Waals surface area contributed by atoms with E-state index in [-0.39, 0.29) is 5.91 Å². The summed E-state index contributed by atoms with van der Waals surface area (Å²) in [6, 6.07) is 25.7. The Balaban J connectivity index is 1.14. The highest BCUT2D eigenvalue weighted by Gasteiger charge is 2.26. The Morgan fingerprint density at radius 3 is 2.37 bits per heavy atom. The number of halogens is 2. The van der Waals surface area contributed by atoms with E-state index in [2.05, 4.69) is 39.4 Å². The molecule has 0 saturated carbocycles. The maximum atomic E-state index is 13.2. The van der Waals surface area contributed by atoms with Crippen LogP contribution in [0.4, 0.5) is 0 Å². The number of aromatic nitrogens is 4. The van der Waals surface area contributed by atoms with Gasteiger partial charge in [0.15, 0.2) is 11.0 Å². The molecule has 0 aliphatic carbocycles. The number of likely N-dealkylation sites (tertiary alicyclic amines) is 1. The van der Waals surface area contributed by atoms with Gasteiger partial charge in [-0.2, -0.15) is 0 Å². The van der Waals surface area contributed by atoms with E-state index >= 15 is 0 Å². The number of thioether (sulfide) groups is 1. The molecule has 41 heavy (non-hydrogen) atoms. The average Bonchev–Trinajstić information content (AvgIpc) is 3.65. The van der Waals surface area contributed by atoms with Crippen LogP contribution in [-0.2, 0) is 12.2 Å². The van der Waals surface area contributed by atoms with Crippen LogP contribution in [0.1, 0.15) is 33.9 Å². The number of piperidine rings is 1. The third kappa shape index (κ3) is 6.36. The van der Waals surface area contributed by atoms with Crippen molar-refractivity contribution >= 4 is 52.2 Å². The molecule has 3 heterocycles. The van der Waals surface area contributed by atoms with Crippen LogP contribution < -0.4 is 0 Å². The van der Waals surface area contributed by atoms with Gasteiger partial charge in [-0.15, -0.1) is 21.5 Å². The number of hydrogen-bond acceptors (Lipinski definition) is 6. The van der Waals surface area contributed by atoms with Gasteiger partial charge in [-0.05, 0) is 55.0 Å². The summed E-state index contributed by atoms with van der Waals surface area (Å²) < 4.78 is 1.92. The third-order valence-electron chi connectivity index (χ3n) is 7.21. The minimum Gasteiger partial charge on any atom is -0.337 e. The fourth-order valence-corrected chi connectivity index (χ4v) is 7.25. The molecule has 3 aromatic carbocycles. The van der Waals surface area contributed by atoms with Crippen LogP contribution in [0.5, 0.6) is 0 Å². The number of hydrogen-bond donors (Lipinski definition) is 0. The van der Waals surface area contributed by atoms with Crippen LogP contribution in [0.25, 0.3) is 17.1 Å². The zero-order chi connectivity index (χ0) is 28.2. The lowest BCUT2D eigenvalue weighted by Gasteiger charge is -2.31. The van der Waals surface area contributed by atoms with E-state index < -0.39 is 0 Å². The van der Waals surface area contributed by atoms with Gasteiger partial charge in [0.05, 0.1) is 21.5 Å². The Morgan fingerprint density at radius 2 is 1.61 bits per heavy atom. The van der Waals surface area contributed by atoms with Crippen LogP contribution in [0.2, 0.25) is 10.0 Å². The number of para-hydroxylation sites is 1. The van der Waals surface area contributed by atoms with E-state index in [1.807, 2.05) is 69.4 Å². The lowest BCUT2D eigenvalue weighted by atomic mass is 9.90. The maximum Gasteiger partial charge on any atom is 0.273 e. The van der Waals surface area contributed by atoms with Crippen molar-refractivity contribution in [2.75, 3.05) is 13.1 Å². The van der Waals surface area contributed by atoms with Gasteiger partial charge in [0.25, 0.3) is 5.91 Å². The SMILES string of the molecule is O=C(c1csc(CSc2nnc(-c3ccccc3Cl)n2-c2ccccc2Cl)n1)N1CCC(Cc2ccccc2)CC1. The zero-order valence-electron chi connectivity index (χ0n) is 22.1. The number of carbonyl (C=O) groups is 1. The third-order valence-corrected chi connectivity index (χ3v) is 9.83. The van der Waals surface area contributed by atoms with Gasteiger partial charge in [-0.1, -0.05) is 89.6 Å². The predicted molar refractivity (Wildman–Crippen MR) is 167 cm³/mol. The van der Waals surface area contributed by atoms with Crippen molar-refractivity contribution in [3.05, 3.63) is 111 Å². The van der Waals surface area contributed by atoms with Crippen molar-refractivity contribution in [2.24, 2.45) is 5.92 Å². The minimum absolute atomic E-state index is 0.0101. The number of thiazole rings is 1. The Morgan fingerprint density at radius 1 is 0.902 bits per heavy atom. The van der Waals surface area contributed by atoms with Gasteiger partial charge in [0, 0.05) is 24.0 Å². The molecule has 0 unspecified atom stereocenters. The molecule has 0 radical (unpaired) electrons. The molecule has 6 nitrogen and oxygen atoms in total. The first-order valence-electron chi connectivity index (χ1n) is 13.4. The highest BCUT2D eigenvalue weighted by atomic mass is 35.5. The largest absolute Gasteiger partial charge is 0.337 e. The van der Waals surface area contributed by atoms with Gasteiger partial charge >= 0.3 is 0 Å². The lowest BCUT2D eigenvalue weighted by molar-refractivity contribution is 0.0685. The highest BCUT2D eigenvalue weighted by molar-refractivity contribution is 7.98. The summed E-state index contributed by atoms with van der Waals surface area (Å²) in [6.07, 6.45) is 3.09. The molecule has 1 aliphatic rings. The summed E-state index contributed by atoms with van der Waals surface area (Å²) in [5, 5.41) is 13.5. The lowest BCUT2D eigenvalue weighted by Crippen LogP contribution is -2.39. The molecule has 208 valence electrons. The maximum absolute atomic E-state index is 13.2. The first-order chi connectivity index (χ1) is 20.1. The number of rotatable bonds is 8. The minimum atomic E-state index is 0.0101. The summed E-state index contributed by atoms with van der Waals surface area (Å²) in [4.78, 5) is 19.9. The van der Waals surface area contributed by atoms with E-state index in [0.29, 0.717) is 38.4 Å². The first-order valence-corrected chi connectivity index (χ1v) is 16.0. The van der Waals surface area contributed by atoms with Gasteiger partial charge in [0.2, 0.25) is 0 Å². The van der Waals surface area contributed by atoms with E-state index in [1.165, 1.54) is 28.7 Å². The van der Waals surface area contributed by atoms with Crippen LogP contribution in [0, 0.1) is 5.92 Å². The molecule has 6 rings (SSSR count). The molecule has 2 aromatic heterocycles. The first kappa shape index (κ1) is 28.0. The van der Waals surface area contributed by atoms with Gasteiger partial charge in [-0.3, -0.25) is 9.36 Å². The van der Waals surface area contributed by atoms with Gasteiger partial charge in [-0.25, -0.2) is 4.98 Å². The molecule has 5 aromatic rings. The number of nitrogens with zero attached hydrogens (tertiary/aromatic N) is 5. The second-order valence-electron chi connectivity index (χ2n) is 9.91. The van der Waals surface area contributed by atoms with E-state index in [4.69, 9.17) is 23.2 Å². The summed E-state index contributed by atoms with van der Waals surface area (Å²) in [7, 11) is 0. The number of carbonyl (C=O) groups excluding carboxylic acids is 1. The normalized spacial score (nSPS) is 14.0. The molecule has 1 fully saturated rings. The summed E-state index contributed by atoms with van der Waals surface area (Å²) in [5.74, 6) is 1.77. The van der Waals surface area contributed by atoms with Crippen LogP contribution in [0.15, 0.2) is 89.4 Å². The van der Waals surface area contributed by atoms with Gasteiger partial charge < -0.3 is 4.90 Å². The topological polar surface area (TPSA) is 63.9 Å². The molecule has 0 spiro atoms. The summed E-state index contributed by atoms with van der Waals surface area (Å²) in [6.45, 7) is 1.54. The van der Waals surface area contributed by atoms with Crippen LogP contribution in [0.3, 0.4) is 0 Å². The molecular weight excluding hydrogens is 593 g/mol. The van der Waals surface area contributed by atoms with E-state index in [9.17, 15) is 4.79 Å².